The Morgan fingerprint density at radius 2 is 2.32 bits per heavy atom. The normalized spacial score (nSPS) is 16.5. The Labute approximate surface area is 112 Å². The first-order valence-electron chi connectivity index (χ1n) is 6.74. The molecule has 1 aromatic heterocycles. The van der Waals surface area contributed by atoms with Gasteiger partial charge in [0.15, 0.2) is 0 Å². The summed E-state index contributed by atoms with van der Waals surface area (Å²) in [5.41, 5.74) is 0. The largest absolute Gasteiger partial charge is 0.381 e. The molecule has 1 aliphatic heterocycles. The van der Waals surface area contributed by atoms with Gasteiger partial charge in [-0.1, -0.05) is 0 Å². The molecule has 0 atom stereocenters. The predicted molar refractivity (Wildman–Crippen MR) is 69.4 cm³/mol. The average Bonchev–Trinajstić information content (AvgIpc) is 2.87. The van der Waals surface area contributed by atoms with E-state index in [-0.39, 0.29) is 11.9 Å². The van der Waals surface area contributed by atoms with Crippen LogP contribution in [0, 0.1) is 0 Å². The van der Waals surface area contributed by atoms with Gasteiger partial charge in [0.25, 0.3) is 0 Å². The van der Waals surface area contributed by atoms with Crippen LogP contribution in [0.1, 0.15) is 25.6 Å². The zero-order valence-corrected chi connectivity index (χ0v) is 11.3. The second kappa shape index (κ2) is 7.20. The molecule has 0 saturated carbocycles. The van der Waals surface area contributed by atoms with Crippen molar-refractivity contribution in [2.24, 2.45) is 0 Å². The maximum Gasteiger partial charge on any atom is 0.234 e. The predicted octanol–water partition coefficient (Wildman–Crippen LogP) is -0.317. The van der Waals surface area contributed by atoms with Crippen molar-refractivity contribution in [1.29, 1.82) is 0 Å². The van der Waals surface area contributed by atoms with E-state index in [4.69, 9.17) is 4.74 Å². The van der Waals surface area contributed by atoms with Gasteiger partial charge in [-0.2, -0.15) is 0 Å². The van der Waals surface area contributed by atoms with E-state index >= 15 is 0 Å². The highest BCUT2D eigenvalue weighted by molar-refractivity contribution is 5.78. The molecule has 0 bridgehead atoms. The van der Waals surface area contributed by atoms with Crippen molar-refractivity contribution in [2.45, 2.75) is 38.9 Å². The minimum atomic E-state index is 0.0227. The number of nitrogens with one attached hydrogen (secondary N) is 2. The molecule has 7 nitrogen and oxygen atoms in total. The van der Waals surface area contributed by atoms with Crippen LogP contribution >= 0.6 is 0 Å². The van der Waals surface area contributed by atoms with Gasteiger partial charge in [0, 0.05) is 25.8 Å². The van der Waals surface area contributed by atoms with Crippen molar-refractivity contribution < 1.29 is 9.53 Å². The number of carbonyl (C=O) groups is 1. The van der Waals surface area contributed by atoms with Crippen LogP contribution in [0.4, 0.5) is 0 Å². The molecule has 2 heterocycles. The van der Waals surface area contributed by atoms with Crippen LogP contribution in [0.25, 0.3) is 0 Å². The van der Waals surface area contributed by atoms with Gasteiger partial charge in [0.1, 0.15) is 12.2 Å². The van der Waals surface area contributed by atoms with E-state index in [1.54, 1.807) is 6.33 Å². The summed E-state index contributed by atoms with van der Waals surface area (Å²) in [4.78, 5) is 11.7. The van der Waals surface area contributed by atoms with Gasteiger partial charge in [-0.25, -0.2) is 0 Å². The summed E-state index contributed by atoms with van der Waals surface area (Å²) in [6.07, 6.45) is 3.49. The maximum atomic E-state index is 11.7. The van der Waals surface area contributed by atoms with Crippen LogP contribution < -0.4 is 10.6 Å². The molecule has 0 spiro atoms. The molecule has 0 radical (unpaired) electrons. The molecule has 1 amide bonds. The number of ether oxygens (including phenoxy) is 1. The van der Waals surface area contributed by atoms with E-state index < -0.39 is 0 Å². The van der Waals surface area contributed by atoms with Gasteiger partial charge >= 0.3 is 0 Å². The summed E-state index contributed by atoms with van der Waals surface area (Å²) in [7, 11) is 0. The van der Waals surface area contributed by atoms with Crippen LogP contribution in [0.5, 0.6) is 0 Å². The number of nitrogens with zero attached hydrogens (tertiary/aromatic N) is 3. The molecular weight excluding hydrogens is 246 g/mol. The average molecular weight is 267 g/mol. The third kappa shape index (κ3) is 4.29. The molecule has 0 aromatic carbocycles. The van der Waals surface area contributed by atoms with E-state index in [0.29, 0.717) is 13.1 Å². The summed E-state index contributed by atoms with van der Waals surface area (Å²) in [6.45, 7) is 5.18. The lowest BCUT2D eigenvalue weighted by Crippen LogP contribution is -2.43. The Morgan fingerprint density at radius 1 is 1.53 bits per heavy atom. The zero-order chi connectivity index (χ0) is 13.5. The van der Waals surface area contributed by atoms with Gasteiger partial charge in [0.05, 0.1) is 13.1 Å². The first kappa shape index (κ1) is 14.0. The maximum absolute atomic E-state index is 11.7. The molecule has 7 heteroatoms. The number of hydrogen-bond acceptors (Lipinski definition) is 5. The van der Waals surface area contributed by atoms with Gasteiger partial charge in [0.2, 0.25) is 5.91 Å². The standard InChI is InChI=1S/C12H21N5O2/c1-2-17-9-14-16-11(17)7-13-8-12(18)15-10-3-5-19-6-4-10/h9-10,13H,2-8H2,1H3,(H,15,18). The summed E-state index contributed by atoms with van der Waals surface area (Å²) in [5.74, 6) is 0.871. The first-order valence-corrected chi connectivity index (χ1v) is 6.74. The van der Waals surface area contributed by atoms with E-state index in [9.17, 15) is 4.79 Å². The second-order valence-corrected chi connectivity index (χ2v) is 4.59. The first-order chi connectivity index (χ1) is 9.29. The lowest BCUT2D eigenvalue weighted by Gasteiger charge is -2.23. The molecule has 0 unspecified atom stereocenters. The molecule has 106 valence electrons. The van der Waals surface area contributed by atoms with E-state index in [1.165, 1.54) is 0 Å². The molecule has 1 fully saturated rings. The number of amides is 1. The number of aryl methyl sites for hydroxylation is 1. The molecule has 1 aromatic rings. The number of rotatable bonds is 6. The van der Waals surface area contributed by atoms with Gasteiger partial charge in [-0.05, 0) is 19.8 Å². The fourth-order valence-electron chi connectivity index (χ4n) is 2.09. The highest BCUT2D eigenvalue weighted by Gasteiger charge is 2.15. The molecule has 2 rings (SSSR count). The number of aromatic nitrogens is 3. The van der Waals surface area contributed by atoms with Gasteiger partial charge in [-0.3, -0.25) is 4.79 Å². The SMILES string of the molecule is CCn1cnnc1CNCC(=O)NC1CCOCC1. The van der Waals surface area contributed by atoms with Crippen LogP contribution in [0.2, 0.25) is 0 Å². The number of carbonyl (C=O) groups excluding carboxylic acids is 1. The Morgan fingerprint density at radius 3 is 3.05 bits per heavy atom. The van der Waals surface area contributed by atoms with E-state index in [0.717, 1.165) is 38.4 Å². The Balaban J connectivity index is 1.66. The minimum Gasteiger partial charge on any atom is -0.381 e. The lowest BCUT2D eigenvalue weighted by atomic mass is 10.1. The lowest BCUT2D eigenvalue weighted by molar-refractivity contribution is -0.121. The Bertz CT molecular complexity index is 401. The van der Waals surface area contributed by atoms with Gasteiger partial charge < -0.3 is 19.9 Å². The summed E-state index contributed by atoms with van der Waals surface area (Å²) in [5, 5.41) is 13.9. The number of hydrogen-bond donors (Lipinski definition) is 2. The summed E-state index contributed by atoms with van der Waals surface area (Å²) in [6, 6.07) is 0.252. The highest BCUT2D eigenvalue weighted by atomic mass is 16.5. The van der Waals surface area contributed by atoms with E-state index in [1.807, 2.05) is 11.5 Å². The third-order valence-electron chi connectivity index (χ3n) is 3.19. The Hall–Kier alpha value is -1.47. The molecule has 19 heavy (non-hydrogen) atoms. The van der Waals surface area contributed by atoms with Crippen molar-refractivity contribution in [1.82, 2.24) is 25.4 Å². The van der Waals surface area contributed by atoms with Crippen molar-refractivity contribution in [2.75, 3.05) is 19.8 Å². The topological polar surface area (TPSA) is 81.1 Å². The fraction of sp³-hybridized carbons (Fsp3) is 0.750. The van der Waals surface area contributed by atoms with Crippen LogP contribution in [-0.4, -0.2) is 46.5 Å². The molecule has 1 aliphatic rings. The summed E-state index contributed by atoms with van der Waals surface area (Å²) >= 11 is 0. The Kier molecular flexibility index (Phi) is 5.29. The summed E-state index contributed by atoms with van der Waals surface area (Å²) < 4.78 is 7.20. The molecular formula is C12H21N5O2. The smallest absolute Gasteiger partial charge is 0.234 e. The molecule has 2 N–H and O–H groups in total. The van der Waals surface area contributed by atoms with Gasteiger partial charge in [-0.15, -0.1) is 10.2 Å². The van der Waals surface area contributed by atoms with E-state index in [2.05, 4.69) is 20.8 Å². The monoisotopic (exact) mass is 267 g/mol. The second-order valence-electron chi connectivity index (χ2n) is 4.59. The molecule has 0 aliphatic carbocycles. The molecule has 1 saturated heterocycles. The third-order valence-corrected chi connectivity index (χ3v) is 3.19. The van der Waals surface area contributed by atoms with Crippen LogP contribution in [0.15, 0.2) is 6.33 Å². The minimum absolute atomic E-state index is 0.0227. The van der Waals surface area contributed by atoms with Crippen molar-refractivity contribution in [3.63, 3.8) is 0 Å². The highest BCUT2D eigenvalue weighted by Crippen LogP contribution is 2.05. The van der Waals surface area contributed by atoms with Crippen LogP contribution in [0.3, 0.4) is 0 Å². The van der Waals surface area contributed by atoms with Crippen molar-refractivity contribution in [3.8, 4) is 0 Å². The quantitative estimate of drug-likeness (QED) is 0.738. The van der Waals surface area contributed by atoms with Crippen molar-refractivity contribution in [3.05, 3.63) is 12.2 Å². The van der Waals surface area contributed by atoms with Crippen molar-refractivity contribution >= 4 is 5.91 Å². The van der Waals surface area contributed by atoms with Crippen LogP contribution in [-0.2, 0) is 22.6 Å². The fourth-order valence-corrected chi connectivity index (χ4v) is 2.09. The zero-order valence-electron chi connectivity index (χ0n) is 11.3.